The second-order valence-electron chi connectivity index (χ2n) is 5.92. The quantitative estimate of drug-likeness (QED) is 0.671. The van der Waals surface area contributed by atoms with Crippen LogP contribution in [0.3, 0.4) is 0 Å². The van der Waals surface area contributed by atoms with Crippen molar-refractivity contribution in [3.8, 4) is 11.4 Å². The van der Waals surface area contributed by atoms with Crippen LogP contribution in [0.15, 0.2) is 55.1 Å². The van der Waals surface area contributed by atoms with Crippen molar-refractivity contribution >= 4 is 11.8 Å². The third kappa shape index (κ3) is 4.69. The molecule has 0 bridgehead atoms. The van der Waals surface area contributed by atoms with Gasteiger partial charge in [-0.15, -0.1) is 0 Å². The maximum Gasteiger partial charge on any atom is 0.276 e. The molecule has 2 N–H and O–H groups in total. The Kier molecular flexibility index (Phi) is 5.46. The zero-order valence-corrected chi connectivity index (χ0v) is 15.0. The average molecular weight is 365 g/mol. The molecule has 8 heteroatoms. The van der Waals surface area contributed by atoms with Gasteiger partial charge in [0.15, 0.2) is 6.61 Å². The van der Waals surface area contributed by atoms with Gasteiger partial charge in [0.05, 0.1) is 5.69 Å². The first-order valence-electron chi connectivity index (χ1n) is 8.27. The number of nitrogens with one attached hydrogen (secondary N) is 2. The molecule has 0 atom stereocenters. The summed E-state index contributed by atoms with van der Waals surface area (Å²) in [6, 6.07) is 12.3. The van der Waals surface area contributed by atoms with E-state index in [0.29, 0.717) is 11.3 Å². The number of benzene rings is 2. The van der Waals surface area contributed by atoms with Crippen LogP contribution in [-0.2, 0) is 4.79 Å². The zero-order chi connectivity index (χ0) is 19.2. The predicted molar refractivity (Wildman–Crippen MR) is 98.4 cm³/mol. The smallest absolute Gasteiger partial charge is 0.276 e. The minimum absolute atomic E-state index is 0.200. The summed E-state index contributed by atoms with van der Waals surface area (Å²) >= 11 is 0. The average Bonchev–Trinajstić information content (AvgIpc) is 3.22. The second-order valence-corrected chi connectivity index (χ2v) is 5.92. The van der Waals surface area contributed by atoms with E-state index in [1.165, 1.54) is 6.33 Å². The molecule has 0 saturated carbocycles. The summed E-state index contributed by atoms with van der Waals surface area (Å²) in [5, 5.41) is 4.01. The molecule has 8 nitrogen and oxygen atoms in total. The van der Waals surface area contributed by atoms with E-state index in [2.05, 4.69) is 20.9 Å². The lowest BCUT2D eigenvalue weighted by atomic mass is 10.1. The predicted octanol–water partition coefficient (Wildman–Crippen LogP) is 1.72. The largest absolute Gasteiger partial charge is 0.484 e. The van der Waals surface area contributed by atoms with Crippen LogP contribution in [0.1, 0.15) is 21.5 Å². The fraction of sp³-hybridized carbons (Fsp3) is 0.158. The summed E-state index contributed by atoms with van der Waals surface area (Å²) in [7, 11) is 0. The molecule has 3 rings (SSSR count). The Labute approximate surface area is 156 Å². The molecule has 0 aliphatic heterocycles. The van der Waals surface area contributed by atoms with Gasteiger partial charge in [-0.3, -0.25) is 20.4 Å². The zero-order valence-electron chi connectivity index (χ0n) is 15.0. The number of ether oxygens (including phenoxy) is 1. The minimum Gasteiger partial charge on any atom is -0.484 e. The third-order valence-electron chi connectivity index (χ3n) is 3.98. The highest BCUT2D eigenvalue weighted by Gasteiger charge is 2.09. The molecule has 0 aliphatic rings. The third-order valence-corrected chi connectivity index (χ3v) is 3.98. The molecule has 0 unspecified atom stereocenters. The van der Waals surface area contributed by atoms with Gasteiger partial charge in [0, 0.05) is 5.56 Å². The Balaban J connectivity index is 1.48. The Morgan fingerprint density at radius 1 is 1.04 bits per heavy atom. The summed E-state index contributed by atoms with van der Waals surface area (Å²) in [4.78, 5) is 27.8. The summed E-state index contributed by atoms with van der Waals surface area (Å²) < 4.78 is 7.00. The number of hydrogen-bond donors (Lipinski definition) is 2. The highest BCUT2D eigenvalue weighted by molar-refractivity contribution is 5.95. The van der Waals surface area contributed by atoms with Crippen LogP contribution in [0.5, 0.6) is 5.75 Å². The molecule has 1 aromatic heterocycles. The van der Waals surface area contributed by atoms with Crippen LogP contribution in [-0.4, -0.2) is 33.2 Å². The minimum atomic E-state index is -0.458. The summed E-state index contributed by atoms with van der Waals surface area (Å²) in [5.74, 6) is -0.288. The monoisotopic (exact) mass is 365 g/mol. The summed E-state index contributed by atoms with van der Waals surface area (Å²) in [6.07, 6.45) is 2.99. The van der Waals surface area contributed by atoms with Crippen molar-refractivity contribution in [1.82, 2.24) is 25.6 Å². The lowest BCUT2D eigenvalue weighted by Crippen LogP contribution is -2.43. The Bertz CT molecular complexity index is 936. The van der Waals surface area contributed by atoms with E-state index in [9.17, 15) is 9.59 Å². The molecular weight excluding hydrogens is 346 g/mol. The van der Waals surface area contributed by atoms with E-state index < -0.39 is 11.8 Å². The second kappa shape index (κ2) is 8.13. The normalized spacial score (nSPS) is 10.3. The van der Waals surface area contributed by atoms with E-state index in [1.807, 2.05) is 26.0 Å². The van der Waals surface area contributed by atoms with Crippen LogP contribution in [0.4, 0.5) is 0 Å². The van der Waals surface area contributed by atoms with Gasteiger partial charge in [-0.1, -0.05) is 6.07 Å². The number of nitrogens with zero attached hydrogens (tertiary/aromatic N) is 3. The first-order chi connectivity index (χ1) is 13.0. The first kappa shape index (κ1) is 18.1. The molecule has 0 spiro atoms. The number of carbonyl (C=O) groups is 2. The maximum absolute atomic E-state index is 12.1. The lowest BCUT2D eigenvalue weighted by molar-refractivity contribution is -0.123. The highest BCUT2D eigenvalue weighted by atomic mass is 16.5. The van der Waals surface area contributed by atoms with Crippen molar-refractivity contribution in [2.24, 2.45) is 0 Å². The molecule has 0 aliphatic carbocycles. The van der Waals surface area contributed by atoms with Gasteiger partial charge >= 0.3 is 0 Å². The fourth-order valence-electron chi connectivity index (χ4n) is 2.29. The van der Waals surface area contributed by atoms with Crippen molar-refractivity contribution in [2.45, 2.75) is 13.8 Å². The van der Waals surface area contributed by atoms with Crippen LogP contribution in [0, 0.1) is 13.8 Å². The van der Waals surface area contributed by atoms with Gasteiger partial charge < -0.3 is 4.74 Å². The van der Waals surface area contributed by atoms with Crippen molar-refractivity contribution in [3.05, 3.63) is 71.8 Å². The van der Waals surface area contributed by atoms with Crippen LogP contribution < -0.4 is 15.6 Å². The highest BCUT2D eigenvalue weighted by Crippen LogP contribution is 2.16. The van der Waals surface area contributed by atoms with Crippen molar-refractivity contribution in [1.29, 1.82) is 0 Å². The molecule has 3 aromatic rings. The molecule has 0 fully saturated rings. The molecule has 0 radical (unpaired) electrons. The van der Waals surface area contributed by atoms with E-state index in [1.54, 1.807) is 41.3 Å². The number of aromatic nitrogens is 3. The Morgan fingerprint density at radius 3 is 2.48 bits per heavy atom. The Morgan fingerprint density at radius 2 is 1.81 bits per heavy atom. The first-order valence-corrected chi connectivity index (χ1v) is 8.27. The van der Waals surface area contributed by atoms with E-state index >= 15 is 0 Å². The van der Waals surface area contributed by atoms with Gasteiger partial charge in [-0.25, -0.2) is 9.67 Å². The number of carbonyl (C=O) groups excluding carboxylic acids is 2. The molecule has 138 valence electrons. The molecule has 0 saturated heterocycles. The maximum atomic E-state index is 12.1. The standard InChI is InChI=1S/C19H19N5O3/c1-13-3-8-17(9-14(13)2)27-10-18(25)22-23-19(26)15-4-6-16(7-5-15)24-12-20-11-21-24/h3-9,11-12H,10H2,1-2H3,(H,22,25)(H,23,26). The van der Waals surface area contributed by atoms with Crippen LogP contribution >= 0.6 is 0 Å². The number of aryl methyl sites for hydroxylation is 2. The van der Waals surface area contributed by atoms with E-state index in [4.69, 9.17) is 4.74 Å². The van der Waals surface area contributed by atoms with Crippen molar-refractivity contribution in [2.75, 3.05) is 6.61 Å². The number of rotatable bonds is 5. The SMILES string of the molecule is Cc1ccc(OCC(=O)NNC(=O)c2ccc(-n3cncn3)cc2)cc1C. The topological polar surface area (TPSA) is 98.1 Å². The van der Waals surface area contributed by atoms with Gasteiger partial charge in [0.2, 0.25) is 0 Å². The lowest BCUT2D eigenvalue weighted by Gasteiger charge is -2.10. The number of hydrogen-bond acceptors (Lipinski definition) is 5. The number of amides is 2. The number of hydrazine groups is 1. The fourth-order valence-corrected chi connectivity index (χ4v) is 2.29. The summed E-state index contributed by atoms with van der Waals surface area (Å²) in [5.41, 5.74) is 8.08. The van der Waals surface area contributed by atoms with Crippen LogP contribution in [0.2, 0.25) is 0 Å². The van der Waals surface area contributed by atoms with Gasteiger partial charge in [0.25, 0.3) is 11.8 Å². The van der Waals surface area contributed by atoms with Crippen LogP contribution in [0.25, 0.3) is 5.69 Å². The molecule has 1 heterocycles. The molecular formula is C19H19N5O3. The Hall–Kier alpha value is -3.68. The van der Waals surface area contributed by atoms with E-state index in [-0.39, 0.29) is 6.61 Å². The van der Waals surface area contributed by atoms with Crippen molar-refractivity contribution in [3.63, 3.8) is 0 Å². The molecule has 2 aromatic carbocycles. The van der Waals surface area contributed by atoms with Crippen molar-refractivity contribution < 1.29 is 14.3 Å². The van der Waals surface area contributed by atoms with Gasteiger partial charge in [-0.05, 0) is 61.4 Å². The summed E-state index contributed by atoms with van der Waals surface area (Å²) in [6.45, 7) is 3.77. The van der Waals surface area contributed by atoms with Gasteiger partial charge in [-0.2, -0.15) is 5.10 Å². The molecule has 27 heavy (non-hydrogen) atoms. The van der Waals surface area contributed by atoms with E-state index in [0.717, 1.165) is 16.8 Å². The molecule has 2 amide bonds. The van der Waals surface area contributed by atoms with Gasteiger partial charge in [0.1, 0.15) is 18.4 Å².